The van der Waals surface area contributed by atoms with E-state index >= 15 is 0 Å². The molecule has 13 aromatic rings. The first kappa shape index (κ1) is 108. The maximum Gasteiger partial charge on any atom is 0.238 e. The molecule has 0 bridgehead atoms. The maximum atomic E-state index is 13.6. The lowest BCUT2D eigenvalue weighted by Crippen LogP contribution is -2.45. The number of nitrogens with two attached hydrogens (primary N) is 2. The zero-order valence-corrected chi connectivity index (χ0v) is 79.0. The molecule has 0 spiro atoms. The molecule has 4 unspecified atom stereocenters. The van der Waals surface area contributed by atoms with Crippen LogP contribution in [0, 0.1) is 27.7 Å². The number of aromatic hydroxyl groups is 19. The number of phenols is 17. The first-order chi connectivity index (χ1) is 67.9. The van der Waals surface area contributed by atoms with E-state index in [-0.39, 0.29) is 166 Å². The molecule has 0 saturated heterocycles. The lowest BCUT2D eigenvalue weighted by atomic mass is 9.72. The number of aliphatic hydroxyl groups excluding tert-OH is 3. The molecular weight excluding hydrogens is 1870 g/mol. The summed E-state index contributed by atoms with van der Waals surface area (Å²) in [6.07, 6.45) is 12.3. The normalized spacial score (nSPS) is 14.4. The predicted molar refractivity (Wildman–Crippen MR) is 532 cm³/mol. The number of nitrogens with one attached hydrogen (secondary N) is 1. The third kappa shape index (κ3) is 26.6. The molecule has 10 aromatic carbocycles. The van der Waals surface area contributed by atoms with Crippen molar-refractivity contribution < 1.29 is 154 Å². The number of ether oxygens (including phenoxy) is 3. The van der Waals surface area contributed by atoms with Crippen LogP contribution in [0.4, 0.5) is 5.88 Å². The lowest BCUT2D eigenvalue weighted by molar-refractivity contribution is -0.121. The van der Waals surface area contributed by atoms with Crippen LogP contribution in [0.3, 0.4) is 0 Å². The van der Waals surface area contributed by atoms with Crippen molar-refractivity contribution in [2.75, 3.05) is 26.1 Å². The van der Waals surface area contributed by atoms with E-state index in [2.05, 4.69) is 17.1 Å². The molecule has 3 aliphatic rings. The van der Waals surface area contributed by atoms with E-state index in [0.717, 1.165) is 63.3 Å². The van der Waals surface area contributed by atoms with Crippen LogP contribution in [0.15, 0.2) is 240 Å². The summed E-state index contributed by atoms with van der Waals surface area (Å²) in [6, 6.07) is 39.8. The highest BCUT2D eigenvalue weighted by atomic mass is 16.5. The van der Waals surface area contributed by atoms with Crippen molar-refractivity contribution in [3.8, 4) is 143 Å². The Morgan fingerprint density at radius 3 is 1.71 bits per heavy atom. The molecule has 752 valence electrons. The van der Waals surface area contributed by atoms with Gasteiger partial charge < -0.3 is 157 Å². The van der Waals surface area contributed by atoms with Crippen LogP contribution in [0.5, 0.6) is 121 Å². The van der Waals surface area contributed by atoms with Crippen molar-refractivity contribution >= 4 is 64.3 Å². The molecule has 27 N–H and O–H groups in total. The minimum atomic E-state index is -0.941. The van der Waals surface area contributed by atoms with E-state index in [1.165, 1.54) is 119 Å². The van der Waals surface area contributed by atoms with Crippen LogP contribution in [0.1, 0.15) is 119 Å². The Bertz CT molecular complexity index is 7500. The highest BCUT2D eigenvalue weighted by molar-refractivity contribution is 6.02. The molecule has 2 aliphatic heterocycles. The van der Waals surface area contributed by atoms with Crippen LogP contribution in [-0.4, -0.2) is 167 Å². The minimum absolute atomic E-state index is 0.00681. The molecule has 0 radical (unpaired) electrons. The van der Waals surface area contributed by atoms with Gasteiger partial charge in [-0.25, -0.2) is 0 Å². The highest BCUT2D eigenvalue weighted by Crippen LogP contribution is 2.51. The molecule has 3 aromatic heterocycles. The van der Waals surface area contributed by atoms with E-state index in [1.807, 2.05) is 44.2 Å². The average molecular weight is 1980 g/mol. The summed E-state index contributed by atoms with van der Waals surface area (Å²) in [7, 11) is 3.17. The van der Waals surface area contributed by atoms with Gasteiger partial charge in [0.2, 0.25) is 28.2 Å². The smallest absolute Gasteiger partial charge is 0.238 e. The summed E-state index contributed by atoms with van der Waals surface area (Å²) < 4.78 is 32.4. The Labute approximate surface area is 820 Å². The van der Waals surface area contributed by atoms with E-state index in [1.54, 1.807) is 88.8 Å². The first-order valence-corrected chi connectivity index (χ1v) is 43.6. The second-order valence-electron chi connectivity index (χ2n) is 33.6. The molecule has 144 heavy (non-hydrogen) atoms. The van der Waals surface area contributed by atoms with Gasteiger partial charge in [0.05, 0.1) is 49.2 Å². The third-order valence-electron chi connectivity index (χ3n) is 22.5. The van der Waals surface area contributed by atoms with Crippen LogP contribution in [0.25, 0.3) is 63.7 Å². The summed E-state index contributed by atoms with van der Waals surface area (Å²) in [5.41, 5.74) is 18.6. The van der Waals surface area contributed by atoms with Crippen LogP contribution >= 0.6 is 0 Å². The van der Waals surface area contributed by atoms with E-state index < -0.39 is 63.7 Å². The van der Waals surface area contributed by atoms with E-state index in [0.29, 0.717) is 87.2 Å². The number of phenolic OH excluding ortho intramolecular Hbond substituents is 17. The van der Waals surface area contributed by atoms with Gasteiger partial charge in [-0.2, -0.15) is 0 Å². The molecule has 0 fully saturated rings. The molecule has 16 rings (SSSR count). The Kier molecular flexibility index (Phi) is 34.7. The van der Waals surface area contributed by atoms with Crippen molar-refractivity contribution in [1.82, 2.24) is 5.16 Å². The topological polar surface area (TPSA) is 674 Å². The number of carbonyl (C=O) groups excluding carboxylic acids is 3. The van der Waals surface area contributed by atoms with Crippen molar-refractivity contribution in [1.29, 1.82) is 0 Å². The fourth-order valence-electron chi connectivity index (χ4n) is 14.9. The van der Waals surface area contributed by atoms with Crippen molar-refractivity contribution in [3.05, 3.63) is 315 Å². The summed E-state index contributed by atoms with van der Waals surface area (Å²) in [5.74, 6) is -4.54. The molecule has 1 aliphatic carbocycles. The largest absolute Gasteiger partial charge is 0.512 e. The van der Waals surface area contributed by atoms with Crippen LogP contribution < -0.4 is 47.7 Å². The number of hydrogen-bond acceptors (Lipinski definition) is 37. The van der Waals surface area contributed by atoms with E-state index in [4.69, 9.17) is 59.5 Å². The van der Waals surface area contributed by atoms with Crippen molar-refractivity contribution in [2.45, 2.75) is 104 Å². The van der Waals surface area contributed by atoms with Crippen LogP contribution in [-0.2, 0) is 32.0 Å². The second kappa shape index (κ2) is 46.4. The number of fused-ring (bicyclic) bond motifs is 2. The molecule has 5 heterocycles. The van der Waals surface area contributed by atoms with Crippen molar-refractivity contribution in [2.24, 2.45) is 11.5 Å². The minimum Gasteiger partial charge on any atom is -0.512 e. The SMILES string of the molecule is C/C(O)=c1/c(=O)c(O)c(-c2ccc(C)cc2O)o/c1=C/CO.C=C1C=C(O)C=C(/C=C/c2ccc(O)c(O)c2)O1.CC(=O)C(C)(N)Cc1ccc(O)c(O)c1.CC(=O)C(N)Cc1cc(O)c(O)cc1O.COc1ccc(C2CC(=O)C3=C(C2)Nc2onc(C)c2C3c2ccc(O)c(O)c2)cc1OC.Cc1cc(-c2oc3cc(O)cc(O)c3c(=O)c2O)cc(O)c1O.Cc1cc(O)cc(/C=C/c2ccc(O)c(O)c2)c1. The Morgan fingerprint density at radius 2 is 1.13 bits per heavy atom. The number of ketones is 3. The van der Waals surface area contributed by atoms with Gasteiger partial charge in [-0.05, 0) is 251 Å². The summed E-state index contributed by atoms with van der Waals surface area (Å²) in [5, 5.41) is 216. The zero-order valence-electron chi connectivity index (χ0n) is 79.0. The molecule has 37 heteroatoms. The number of hydrogen-bond donors (Lipinski definition) is 25. The molecule has 37 nitrogen and oxygen atoms in total. The predicted octanol–water partition coefficient (Wildman–Crippen LogP) is 14.6. The second-order valence-corrected chi connectivity index (χ2v) is 33.6. The number of carbonyl (C=O) groups is 3. The van der Waals surface area contributed by atoms with Gasteiger partial charge in [-0.1, -0.05) is 72.4 Å². The number of aryl methyl sites for hydroxylation is 4. The average Bonchev–Trinajstić information content (AvgIpc) is 1.51. The number of rotatable bonds is 17. The number of allylic oxidation sites excluding steroid dienone is 5. The van der Waals surface area contributed by atoms with Crippen molar-refractivity contribution in [3.63, 3.8) is 0 Å². The number of aliphatic hydroxyl groups is 3. The molecule has 4 atom stereocenters. The number of aromatic nitrogens is 1. The Balaban J connectivity index is 0.000000176. The zero-order chi connectivity index (χ0) is 106. The summed E-state index contributed by atoms with van der Waals surface area (Å²) >= 11 is 0. The van der Waals surface area contributed by atoms with Gasteiger partial charge >= 0.3 is 0 Å². The van der Waals surface area contributed by atoms with E-state index in [9.17, 15) is 116 Å². The monoisotopic (exact) mass is 1970 g/mol. The van der Waals surface area contributed by atoms with Gasteiger partial charge in [0.15, 0.2) is 97.8 Å². The van der Waals surface area contributed by atoms with Gasteiger partial charge in [0.1, 0.15) is 85.0 Å². The van der Waals surface area contributed by atoms with Gasteiger partial charge in [0, 0.05) is 59.5 Å². The lowest BCUT2D eigenvalue weighted by Gasteiger charge is -2.34. The number of nitrogens with zero attached hydrogens (tertiary/aromatic N) is 1. The Morgan fingerprint density at radius 1 is 0.549 bits per heavy atom. The fraction of sp³-hybridized carbons (Fsp3) is 0.178. The quantitative estimate of drug-likeness (QED) is 0.0229. The molecule has 0 saturated carbocycles. The maximum absolute atomic E-state index is 13.6. The number of anilines is 1. The molecule has 0 amide bonds. The van der Waals surface area contributed by atoms with Gasteiger partial charge in [0.25, 0.3) is 0 Å². The summed E-state index contributed by atoms with van der Waals surface area (Å²) in [6.45, 7) is 15.9. The van der Waals surface area contributed by atoms with Crippen LogP contribution in [0.2, 0.25) is 0 Å². The van der Waals surface area contributed by atoms with Gasteiger partial charge in [-0.15, -0.1) is 0 Å². The van der Waals surface area contributed by atoms with Gasteiger partial charge in [-0.3, -0.25) is 24.0 Å². The fourth-order valence-corrected chi connectivity index (χ4v) is 14.9. The standard InChI is InChI=1S/C25H24N2O6.C16H12O7.C16H16O6.C15H14O3.C14H12O4.C11H15NO3.C10H13NO4/c1-12-22-23(14-4-6-17(28)18(29)9-14)24-16(26-25(22)33-27-12)8-15(10-19(24)30)13-5-7-20(31-2)21(11-13)32-3;1-6-2-7(3-10(19)13(6)20)16-15(22)14(21)12-9(18)4-8(17)5-11(12)23-16;1-8-3-4-10(11(19)7-8)16-15(21)14(20)13(9(2)18)12(22-16)5-6-17;1-10-6-12(8-13(16)7-10)3-2-11-4-5-14(17)15(18)9-11;1-9-6-11(15)8-12(18-9)4-2-10-3-5-13(16)14(17)7-10;1-7(13)11(2,12)6-8-3-4-9(14)10(15)5-8;1-5(12)7(11)2-6-3-9(14)10(15)4-8(6)13/h4-7,9,11,15,23,26,28-29H,8,10H2,1-3H3;2-5,17-20,22H,1H3;3-5,7,17-19,21H,6H2,1-2H3;2-9,16-18H,1H3;2-8,15-17H,1H2;3-5,14-15H,6,12H2,1-2H3;3-4,7,13-15H,2,11H2,1H3/b;;12-5+,13-9-;3-2+;4-2+;;. The summed E-state index contributed by atoms with van der Waals surface area (Å²) in [4.78, 5) is 60.1. The molecular formula is C107H106N4O33. The Hall–Kier alpha value is -18.4. The number of benzene rings is 10. The highest BCUT2D eigenvalue weighted by Gasteiger charge is 2.42. The number of methoxy groups -OCH3 is 2. The first-order valence-electron chi connectivity index (χ1n) is 43.6. The third-order valence-corrected chi connectivity index (χ3v) is 22.5. The number of Topliss-reactive ketones (excluding diaryl/α,β-unsaturated/α-hetero) is 3.